The van der Waals surface area contributed by atoms with Gasteiger partial charge in [0, 0.05) is 0 Å². The van der Waals surface area contributed by atoms with Crippen LogP contribution in [-0.2, 0) is 20.2 Å². The lowest BCUT2D eigenvalue weighted by atomic mass is 10.4. The molecule has 0 spiro atoms. The zero-order valence-electron chi connectivity index (χ0n) is 8.62. The van der Waals surface area contributed by atoms with Crippen LogP contribution in [0.5, 0.6) is 0 Å². The number of hydrogen-bond donors (Lipinski definition) is 2. The quantitative estimate of drug-likeness (QED) is 0.578. The lowest BCUT2D eigenvalue weighted by Crippen LogP contribution is -2.29. The zero-order valence-corrected chi connectivity index (χ0v) is 10.3. The molecule has 92 valence electrons. The van der Waals surface area contributed by atoms with Gasteiger partial charge in [0.05, 0.1) is 0 Å². The van der Waals surface area contributed by atoms with Crippen molar-refractivity contribution in [3.05, 3.63) is 12.7 Å². The van der Waals surface area contributed by atoms with E-state index in [9.17, 15) is 16.8 Å². The van der Waals surface area contributed by atoms with Gasteiger partial charge in [0.15, 0.2) is 0 Å². The van der Waals surface area contributed by atoms with E-state index < -0.39 is 24.8 Å². The average Bonchev–Trinajstić information content (AvgIpc) is 1.97. The molecule has 0 rings (SSSR count). The third kappa shape index (κ3) is 8.55. The molecule has 0 heterocycles. The monoisotopic (exact) mass is 260 g/mol. The van der Waals surface area contributed by atoms with Gasteiger partial charge in [0.1, 0.15) is 0 Å². The summed E-state index contributed by atoms with van der Waals surface area (Å²) < 4.78 is 56.2. The fourth-order valence-electron chi connectivity index (χ4n) is 0.687. The van der Waals surface area contributed by atoms with Crippen LogP contribution in [0.1, 0.15) is 26.7 Å². The summed E-state index contributed by atoms with van der Waals surface area (Å²) in [7, 11) is -9.45. The van der Waals surface area contributed by atoms with Crippen LogP contribution in [0.2, 0.25) is 0 Å². The van der Waals surface area contributed by atoms with Gasteiger partial charge in [-0.2, -0.15) is 16.8 Å². The summed E-state index contributed by atoms with van der Waals surface area (Å²) in [6.45, 7) is 6.78. The minimum Gasteiger partial charge on any atom is -0.284 e. The molecule has 0 aliphatic rings. The Kier molecular flexibility index (Phi) is 7.85. The van der Waals surface area contributed by atoms with Gasteiger partial charge in [0.2, 0.25) is 4.58 Å². The van der Waals surface area contributed by atoms with Gasteiger partial charge in [-0.05, 0) is 13.3 Å². The molecule has 0 atom stereocenters. The van der Waals surface area contributed by atoms with Gasteiger partial charge in [-0.3, -0.25) is 9.11 Å². The molecule has 8 heteroatoms. The van der Waals surface area contributed by atoms with Gasteiger partial charge in [-0.15, -0.1) is 6.58 Å². The third-order valence-electron chi connectivity index (χ3n) is 1.19. The van der Waals surface area contributed by atoms with Gasteiger partial charge in [-0.1, -0.05) is 19.4 Å². The topological polar surface area (TPSA) is 109 Å². The lowest BCUT2D eigenvalue weighted by Gasteiger charge is -2.07. The maximum Gasteiger partial charge on any atom is 0.284 e. The predicted octanol–water partition coefficient (Wildman–Crippen LogP) is 1.08. The van der Waals surface area contributed by atoms with Crippen LogP contribution in [0.25, 0.3) is 0 Å². The second-order valence-electron chi connectivity index (χ2n) is 2.66. The molecule has 0 aliphatic heterocycles. The third-order valence-corrected chi connectivity index (χ3v) is 4.45. The Balaban J connectivity index is 0. The van der Waals surface area contributed by atoms with Gasteiger partial charge < -0.3 is 0 Å². The molecule has 0 saturated heterocycles. The molecular formula is C7H16O6S2. The first kappa shape index (κ1) is 17.0. The second kappa shape index (κ2) is 6.94. The van der Waals surface area contributed by atoms with Crippen LogP contribution in [-0.4, -0.2) is 30.5 Å². The molecule has 15 heavy (non-hydrogen) atoms. The molecule has 0 aromatic rings. The highest BCUT2D eigenvalue weighted by atomic mass is 32.3. The minimum absolute atomic E-state index is 0.226. The van der Waals surface area contributed by atoms with E-state index in [0.29, 0.717) is 0 Å². The minimum atomic E-state index is -4.72. The number of allylic oxidation sites excluding steroid dienone is 1. The molecule has 0 amide bonds. The maximum absolute atomic E-state index is 10.4. The SMILES string of the molecule is C=CC.CCCC(S(=O)(=O)O)S(=O)(=O)O. The summed E-state index contributed by atoms with van der Waals surface area (Å²) >= 11 is 0. The first-order chi connectivity index (χ1) is 6.61. The molecule has 0 radical (unpaired) electrons. The van der Waals surface area contributed by atoms with E-state index in [4.69, 9.17) is 9.11 Å². The van der Waals surface area contributed by atoms with E-state index >= 15 is 0 Å². The fourth-order valence-corrected chi connectivity index (χ4v) is 2.98. The molecule has 0 aromatic carbocycles. The second-order valence-corrected chi connectivity index (χ2v) is 6.15. The highest BCUT2D eigenvalue weighted by molar-refractivity contribution is 8.03. The first-order valence-electron chi connectivity index (χ1n) is 4.10. The van der Waals surface area contributed by atoms with Crippen molar-refractivity contribution in [2.45, 2.75) is 31.3 Å². The molecule has 0 aromatic heterocycles. The van der Waals surface area contributed by atoms with Crippen LogP contribution in [0.4, 0.5) is 0 Å². The summed E-state index contributed by atoms with van der Waals surface area (Å²) in [5, 5.41) is 0. The largest absolute Gasteiger partial charge is 0.284 e. The lowest BCUT2D eigenvalue weighted by molar-refractivity contribution is 0.450. The maximum atomic E-state index is 10.4. The molecular weight excluding hydrogens is 244 g/mol. The van der Waals surface area contributed by atoms with Crippen molar-refractivity contribution in [3.63, 3.8) is 0 Å². The fraction of sp³-hybridized carbons (Fsp3) is 0.714. The summed E-state index contributed by atoms with van der Waals surface area (Å²) in [6, 6.07) is 0. The summed E-state index contributed by atoms with van der Waals surface area (Å²) in [5.74, 6) is 0. The molecule has 0 bridgehead atoms. The van der Waals surface area contributed by atoms with Crippen LogP contribution in [0.3, 0.4) is 0 Å². The highest BCUT2D eigenvalue weighted by Gasteiger charge is 2.34. The van der Waals surface area contributed by atoms with Crippen molar-refractivity contribution >= 4 is 20.2 Å². The van der Waals surface area contributed by atoms with Crippen LogP contribution >= 0.6 is 0 Å². The Morgan fingerprint density at radius 3 is 1.53 bits per heavy atom. The molecule has 0 aliphatic carbocycles. The van der Waals surface area contributed by atoms with E-state index in [1.807, 2.05) is 6.92 Å². The Hall–Kier alpha value is -0.440. The Labute approximate surface area is 90.5 Å². The van der Waals surface area contributed by atoms with E-state index in [1.165, 1.54) is 6.92 Å². The van der Waals surface area contributed by atoms with Crippen molar-refractivity contribution in [2.24, 2.45) is 0 Å². The Bertz CT molecular complexity index is 334. The van der Waals surface area contributed by atoms with Crippen molar-refractivity contribution in [1.82, 2.24) is 0 Å². The standard InChI is InChI=1S/C4H10O6S2.C3H6/c1-2-3-4(11(5,6)7)12(8,9)10;1-3-2/h4H,2-3H2,1H3,(H,5,6,7)(H,8,9,10);3H,1H2,2H3. The summed E-state index contributed by atoms with van der Waals surface area (Å²) in [5.41, 5.74) is 0. The summed E-state index contributed by atoms with van der Waals surface area (Å²) in [6.07, 6.45) is 1.65. The van der Waals surface area contributed by atoms with Gasteiger partial charge in [0.25, 0.3) is 20.2 Å². The molecule has 0 unspecified atom stereocenters. The number of hydrogen-bond acceptors (Lipinski definition) is 4. The predicted molar refractivity (Wildman–Crippen MR) is 57.7 cm³/mol. The zero-order chi connectivity index (χ0) is 12.7. The molecule has 0 fully saturated rings. The van der Waals surface area contributed by atoms with Crippen LogP contribution in [0.15, 0.2) is 12.7 Å². The number of rotatable bonds is 4. The smallest absolute Gasteiger partial charge is 0.284 e. The van der Waals surface area contributed by atoms with Crippen molar-refractivity contribution in [1.29, 1.82) is 0 Å². The van der Waals surface area contributed by atoms with Crippen molar-refractivity contribution in [3.8, 4) is 0 Å². The molecule has 0 saturated carbocycles. The van der Waals surface area contributed by atoms with Gasteiger partial charge in [-0.25, -0.2) is 0 Å². The van der Waals surface area contributed by atoms with Crippen molar-refractivity contribution in [2.75, 3.05) is 0 Å². The van der Waals surface area contributed by atoms with E-state index in [-0.39, 0.29) is 12.8 Å². The molecule has 2 N–H and O–H groups in total. The summed E-state index contributed by atoms with van der Waals surface area (Å²) in [4.78, 5) is 0. The van der Waals surface area contributed by atoms with E-state index in [2.05, 4.69) is 6.58 Å². The Morgan fingerprint density at radius 2 is 1.47 bits per heavy atom. The average molecular weight is 260 g/mol. The van der Waals surface area contributed by atoms with E-state index in [0.717, 1.165) is 0 Å². The van der Waals surface area contributed by atoms with Crippen molar-refractivity contribution < 1.29 is 25.9 Å². The highest BCUT2D eigenvalue weighted by Crippen LogP contribution is 2.12. The molecule has 6 nitrogen and oxygen atoms in total. The Morgan fingerprint density at radius 1 is 1.20 bits per heavy atom. The normalized spacial score (nSPS) is 11.8. The first-order valence-corrected chi connectivity index (χ1v) is 7.11. The van der Waals surface area contributed by atoms with Gasteiger partial charge >= 0.3 is 0 Å². The van der Waals surface area contributed by atoms with Crippen LogP contribution < -0.4 is 0 Å². The van der Waals surface area contributed by atoms with Crippen LogP contribution in [0, 0.1) is 0 Å². The van der Waals surface area contributed by atoms with E-state index in [1.54, 1.807) is 6.08 Å².